The van der Waals surface area contributed by atoms with Crippen molar-refractivity contribution < 1.29 is 9.53 Å². The molecule has 1 aromatic rings. The third-order valence-corrected chi connectivity index (χ3v) is 4.10. The molecule has 2 rings (SSSR count). The predicted octanol–water partition coefficient (Wildman–Crippen LogP) is 2.19. The first-order valence-electron chi connectivity index (χ1n) is 7.76. The second kappa shape index (κ2) is 7.46. The van der Waals surface area contributed by atoms with Crippen molar-refractivity contribution in [3.8, 4) is 5.75 Å². The van der Waals surface area contributed by atoms with Gasteiger partial charge in [-0.2, -0.15) is 0 Å². The zero-order valence-electron chi connectivity index (χ0n) is 13.2. The second-order valence-electron chi connectivity index (χ2n) is 6.01. The van der Waals surface area contributed by atoms with Crippen LogP contribution in [0.2, 0.25) is 0 Å². The van der Waals surface area contributed by atoms with Crippen molar-refractivity contribution in [2.24, 2.45) is 5.92 Å². The number of carbonyl (C=O) groups is 1. The van der Waals surface area contributed by atoms with Crippen LogP contribution in [0.3, 0.4) is 0 Å². The van der Waals surface area contributed by atoms with Gasteiger partial charge in [0.05, 0.1) is 13.0 Å². The Bertz CT molecular complexity index is 488. The number of rotatable bonds is 5. The molecule has 4 nitrogen and oxygen atoms in total. The van der Waals surface area contributed by atoms with Crippen LogP contribution in [0.5, 0.6) is 5.75 Å². The van der Waals surface area contributed by atoms with Gasteiger partial charge in [-0.05, 0) is 49.9 Å². The number of hydrogen-bond acceptors (Lipinski definition) is 3. The first-order valence-corrected chi connectivity index (χ1v) is 7.76. The summed E-state index contributed by atoms with van der Waals surface area (Å²) in [4.78, 5) is 12.0. The van der Waals surface area contributed by atoms with Gasteiger partial charge in [-0.25, -0.2) is 0 Å². The molecule has 0 aliphatic carbocycles. The number of carbonyl (C=O) groups excluding carboxylic acids is 1. The van der Waals surface area contributed by atoms with E-state index < -0.39 is 0 Å². The molecule has 2 unspecified atom stereocenters. The molecule has 0 aromatic heterocycles. The third-order valence-electron chi connectivity index (χ3n) is 4.10. The number of ether oxygens (including phenoxy) is 1. The molecule has 1 aromatic carbocycles. The quantitative estimate of drug-likeness (QED) is 0.874. The highest BCUT2D eigenvalue weighted by Gasteiger charge is 2.22. The van der Waals surface area contributed by atoms with Crippen LogP contribution in [0.1, 0.15) is 30.9 Å². The maximum atomic E-state index is 12.0. The molecule has 2 atom stereocenters. The average molecular weight is 290 g/mol. The van der Waals surface area contributed by atoms with E-state index in [4.69, 9.17) is 4.74 Å². The lowest BCUT2D eigenvalue weighted by atomic mass is 9.95. The van der Waals surface area contributed by atoms with Gasteiger partial charge in [0.1, 0.15) is 5.75 Å². The molecule has 1 amide bonds. The van der Waals surface area contributed by atoms with Gasteiger partial charge in [-0.1, -0.05) is 19.1 Å². The van der Waals surface area contributed by atoms with Crippen molar-refractivity contribution >= 4 is 5.91 Å². The Kier molecular flexibility index (Phi) is 5.62. The van der Waals surface area contributed by atoms with E-state index >= 15 is 0 Å². The van der Waals surface area contributed by atoms with Crippen LogP contribution in [0.25, 0.3) is 0 Å². The van der Waals surface area contributed by atoms with Gasteiger partial charge >= 0.3 is 0 Å². The van der Waals surface area contributed by atoms with Gasteiger partial charge in [-0.3, -0.25) is 4.79 Å². The van der Waals surface area contributed by atoms with Crippen molar-refractivity contribution in [3.63, 3.8) is 0 Å². The maximum Gasteiger partial charge on any atom is 0.223 e. The minimum absolute atomic E-state index is 0.0702. The lowest BCUT2D eigenvalue weighted by Crippen LogP contribution is -2.50. The molecular weight excluding hydrogens is 264 g/mol. The summed E-state index contributed by atoms with van der Waals surface area (Å²) < 4.78 is 5.73. The molecule has 116 valence electrons. The molecule has 1 fully saturated rings. The smallest absolute Gasteiger partial charge is 0.223 e. The van der Waals surface area contributed by atoms with E-state index in [2.05, 4.69) is 23.6 Å². The zero-order chi connectivity index (χ0) is 15.2. The van der Waals surface area contributed by atoms with Crippen LogP contribution in [0.15, 0.2) is 18.2 Å². The fourth-order valence-electron chi connectivity index (χ4n) is 2.58. The highest BCUT2D eigenvalue weighted by molar-refractivity contribution is 5.76. The number of nitrogens with one attached hydrogen (secondary N) is 2. The van der Waals surface area contributed by atoms with E-state index in [9.17, 15) is 4.79 Å². The van der Waals surface area contributed by atoms with Crippen molar-refractivity contribution in [2.75, 3.05) is 19.7 Å². The first kappa shape index (κ1) is 15.8. The number of piperidine rings is 1. The first-order chi connectivity index (χ1) is 10.1. The Hall–Kier alpha value is -1.55. The normalized spacial score (nSPS) is 21.9. The minimum Gasteiger partial charge on any atom is -0.493 e. The summed E-state index contributed by atoms with van der Waals surface area (Å²) in [5.74, 6) is 1.48. The van der Waals surface area contributed by atoms with Crippen molar-refractivity contribution in [1.29, 1.82) is 0 Å². The summed E-state index contributed by atoms with van der Waals surface area (Å²) in [6, 6.07) is 6.36. The Labute approximate surface area is 127 Å². The number of hydrogen-bond donors (Lipinski definition) is 2. The molecule has 0 spiro atoms. The van der Waals surface area contributed by atoms with Gasteiger partial charge in [-0.15, -0.1) is 0 Å². The van der Waals surface area contributed by atoms with Gasteiger partial charge in [0, 0.05) is 12.6 Å². The molecule has 4 heteroatoms. The van der Waals surface area contributed by atoms with Crippen LogP contribution in [-0.2, 0) is 4.79 Å². The van der Waals surface area contributed by atoms with Gasteiger partial charge in [0.15, 0.2) is 0 Å². The summed E-state index contributed by atoms with van der Waals surface area (Å²) in [7, 11) is 0. The van der Waals surface area contributed by atoms with E-state index in [1.165, 1.54) is 5.56 Å². The Morgan fingerprint density at radius 1 is 1.43 bits per heavy atom. The van der Waals surface area contributed by atoms with Crippen LogP contribution >= 0.6 is 0 Å². The molecule has 0 saturated carbocycles. The fraction of sp³-hybridized carbons (Fsp3) is 0.588. The van der Waals surface area contributed by atoms with Crippen molar-refractivity contribution in [1.82, 2.24) is 10.6 Å². The molecule has 2 N–H and O–H groups in total. The van der Waals surface area contributed by atoms with Crippen LogP contribution in [0, 0.1) is 19.8 Å². The third kappa shape index (κ3) is 4.74. The number of amides is 1. The van der Waals surface area contributed by atoms with E-state index in [1.54, 1.807) is 0 Å². The monoisotopic (exact) mass is 290 g/mol. The zero-order valence-corrected chi connectivity index (χ0v) is 13.2. The van der Waals surface area contributed by atoms with Crippen LogP contribution in [-0.4, -0.2) is 31.6 Å². The summed E-state index contributed by atoms with van der Waals surface area (Å²) in [6.07, 6.45) is 1.51. The molecule has 1 aliphatic heterocycles. The molecule has 21 heavy (non-hydrogen) atoms. The molecule has 0 bridgehead atoms. The molecule has 1 heterocycles. The summed E-state index contributed by atoms with van der Waals surface area (Å²) in [5, 5.41) is 6.42. The Morgan fingerprint density at radius 3 is 3.00 bits per heavy atom. The lowest BCUT2D eigenvalue weighted by Gasteiger charge is -2.30. The van der Waals surface area contributed by atoms with E-state index in [-0.39, 0.29) is 11.9 Å². The Morgan fingerprint density at radius 2 is 2.24 bits per heavy atom. The number of aryl methyl sites for hydroxylation is 2. The van der Waals surface area contributed by atoms with E-state index in [0.29, 0.717) is 18.9 Å². The fourth-order valence-corrected chi connectivity index (χ4v) is 2.58. The molecule has 1 saturated heterocycles. The largest absolute Gasteiger partial charge is 0.493 e. The van der Waals surface area contributed by atoms with Crippen LogP contribution < -0.4 is 15.4 Å². The van der Waals surface area contributed by atoms with Gasteiger partial charge in [0.2, 0.25) is 5.91 Å². The summed E-state index contributed by atoms with van der Waals surface area (Å²) in [5.41, 5.74) is 2.27. The van der Waals surface area contributed by atoms with Crippen molar-refractivity contribution in [3.05, 3.63) is 29.3 Å². The average Bonchev–Trinajstić information content (AvgIpc) is 2.45. The second-order valence-corrected chi connectivity index (χ2v) is 6.01. The molecule has 0 radical (unpaired) electrons. The summed E-state index contributed by atoms with van der Waals surface area (Å²) in [6.45, 7) is 8.58. The highest BCUT2D eigenvalue weighted by atomic mass is 16.5. The maximum absolute atomic E-state index is 12.0. The highest BCUT2D eigenvalue weighted by Crippen LogP contribution is 2.19. The predicted molar refractivity (Wildman–Crippen MR) is 84.6 cm³/mol. The SMILES string of the molecule is Cc1ccc(C)c(OCCC(=O)NC2CNCCC2C)c1. The van der Waals surface area contributed by atoms with E-state index in [1.807, 2.05) is 26.0 Å². The molecule has 1 aliphatic rings. The van der Waals surface area contributed by atoms with Crippen molar-refractivity contribution in [2.45, 2.75) is 39.7 Å². The lowest BCUT2D eigenvalue weighted by molar-refractivity contribution is -0.122. The topological polar surface area (TPSA) is 50.4 Å². The van der Waals surface area contributed by atoms with Crippen LogP contribution in [0.4, 0.5) is 0 Å². The standard InChI is InChI=1S/C17H26N2O2/c1-12-4-5-14(3)16(10-12)21-9-7-17(20)19-15-11-18-8-6-13(15)2/h4-5,10,13,15,18H,6-9,11H2,1-3H3,(H,19,20). The Balaban J connectivity index is 1.75. The number of benzene rings is 1. The summed E-state index contributed by atoms with van der Waals surface area (Å²) >= 11 is 0. The molecular formula is C17H26N2O2. The van der Waals surface area contributed by atoms with Gasteiger partial charge < -0.3 is 15.4 Å². The van der Waals surface area contributed by atoms with E-state index in [0.717, 1.165) is 30.8 Å². The van der Waals surface area contributed by atoms with Gasteiger partial charge in [0.25, 0.3) is 0 Å². The minimum atomic E-state index is 0.0702.